The lowest BCUT2D eigenvalue weighted by Crippen LogP contribution is -2.52. The number of carbonyl (C=O) groups excluding carboxylic acids is 3. The van der Waals surface area contributed by atoms with E-state index in [1.807, 2.05) is 18.2 Å². The van der Waals surface area contributed by atoms with Gasteiger partial charge in [-0.15, -0.1) is 11.8 Å². The zero-order valence-electron chi connectivity index (χ0n) is 18.6. The number of thioether (sulfide) groups is 1. The van der Waals surface area contributed by atoms with Crippen LogP contribution >= 0.6 is 11.8 Å². The number of amides is 3. The third-order valence-corrected chi connectivity index (χ3v) is 7.43. The van der Waals surface area contributed by atoms with Crippen molar-refractivity contribution in [1.82, 2.24) is 15.1 Å². The van der Waals surface area contributed by atoms with Gasteiger partial charge in [0.25, 0.3) is 5.91 Å². The molecular weight excluding hydrogens is 422 g/mol. The molecule has 32 heavy (non-hydrogen) atoms. The van der Waals surface area contributed by atoms with Crippen molar-refractivity contribution in [2.24, 2.45) is 0 Å². The fourth-order valence-electron chi connectivity index (χ4n) is 4.30. The summed E-state index contributed by atoms with van der Waals surface area (Å²) in [5.41, 5.74) is 4.19. The molecule has 2 aromatic carbocycles. The summed E-state index contributed by atoms with van der Waals surface area (Å²) in [6, 6.07) is 13.9. The first-order valence-corrected chi connectivity index (χ1v) is 12.2. The lowest BCUT2D eigenvalue weighted by molar-refractivity contribution is -0.136. The first-order valence-electron chi connectivity index (χ1n) is 11.2. The van der Waals surface area contributed by atoms with Gasteiger partial charge in [0.15, 0.2) is 0 Å². The summed E-state index contributed by atoms with van der Waals surface area (Å²) in [7, 11) is 0. The first kappa shape index (κ1) is 22.6. The quantitative estimate of drug-likeness (QED) is 0.491. The van der Waals surface area contributed by atoms with Gasteiger partial charge in [0, 0.05) is 35.7 Å². The summed E-state index contributed by atoms with van der Waals surface area (Å²) >= 11 is 1.72. The standard InChI is InChI=1S/C25H29N3O3S/c1-3-27(4-2)14-17-8-10-18(11-9-17)16-32-22-7-5-6-19-20(22)15-28(25(19)31)21-12-13-23(29)26-24(21)30/h5-11,21H,3-4,12-16H2,1-2H3,(H,26,29,30). The Morgan fingerprint density at radius 2 is 1.75 bits per heavy atom. The van der Waals surface area contributed by atoms with Crippen molar-refractivity contribution < 1.29 is 14.4 Å². The number of piperidine rings is 1. The summed E-state index contributed by atoms with van der Waals surface area (Å²) < 4.78 is 0. The molecule has 0 radical (unpaired) electrons. The highest BCUT2D eigenvalue weighted by molar-refractivity contribution is 7.98. The van der Waals surface area contributed by atoms with Crippen molar-refractivity contribution >= 4 is 29.5 Å². The van der Waals surface area contributed by atoms with Gasteiger partial charge in [0.2, 0.25) is 11.8 Å². The first-order chi connectivity index (χ1) is 15.5. The maximum Gasteiger partial charge on any atom is 0.255 e. The van der Waals surface area contributed by atoms with Gasteiger partial charge in [-0.2, -0.15) is 0 Å². The van der Waals surface area contributed by atoms with Crippen molar-refractivity contribution in [1.29, 1.82) is 0 Å². The fraction of sp³-hybridized carbons (Fsp3) is 0.400. The summed E-state index contributed by atoms with van der Waals surface area (Å²) in [6.07, 6.45) is 0.648. The molecule has 1 atom stereocenters. The minimum absolute atomic E-state index is 0.127. The van der Waals surface area contributed by atoms with Crippen LogP contribution in [0.2, 0.25) is 0 Å². The van der Waals surface area contributed by atoms with Crippen molar-refractivity contribution in [2.45, 2.75) is 56.5 Å². The maximum absolute atomic E-state index is 13.0. The molecule has 2 aliphatic rings. The number of carbonyl (C=O) groups is 3. The van der Waals surface area contributed by atoms with Crippen molar-refractivity contribution in [3.05, 3.63) is 64.7 Å². The van der Waals surface area contributed by atoms with Gasteiger partial charge in [-0.1, -0.05) is 44.2 Å². The number of hydrogen-bond donors (Lipinski definition) is 1. The molecule has 1 N–H and O–H groups in total. The van der Waals surface area contributed by atoms with Gasteiger partial charge in [-0.25, -0.2) is 0 Å². The second kappa shape index (κ2) is 9.88. The molecule has 2 heterocycles. The van der Waals surface area contributed by atoms with Gasteiger partial charge in [0.05, 0.1) is 0 Å². The van der Waals surface area contributed by atoms with Crippen LogP contribution in [-0.2, 0) is 28.4 Å². The zero-order chi connectivity index (χ0) is 22.7. The summed E-state index contributed by atoms with van der Waals surface area (Å²) in [5.74, 6) is 0.0445. The average molecular weight is 452 g/mol. The zero-order valence-corrected chi connectivity index (χ0v) is 19.4. The number of nitrogens with zero attached hydrogens (tertiary/aromatic N) is 2. The van der Waals surface area contributed by atoms with E-state index in [-0.39, 0.29) is 24.1 Å². The number of fused-ring (bicyclic) bond motifs is 1. The Balaban J connectivity index is 1.43. The van der Waals surface area contributed by atoms with Crippen LogP contribution in [0.25, 0.3) is 0 Å². The van der Waals surface area contributed by atoms with Gasteiger partial charge in [-0.05, 0) is 48.3 Å². The molecule has 0 aliphatic carbocycles. The van der Waals surface area contributed by atoms with E-state index in [9.17, 15) is 14.4 Å². The summed E-state index contributed by atoms with van der Waals surface area (Å²) in [5, 5.41) is 2.36. The van der Waals surface area contributed by atoms with E-state index in [1.165, 1.54) is 11.1 Å². The Morgan fingerprint density at radius 1 is 1.03 bits per heavy atom. The summed E-state index contributed by atoms with van der Waals surface area (Å²) in [6.45, 7) is 7.82. The van der Waals surface area contributed by atoms with Crippen molar-refractivity contribution in [3.63, 3.8) is 0 Å². The lowest BCUT2D eigenvalue weighted by Gasteiger charge is -2.29. The SMILES string of the molecule is CCN(CC)Cc1ccc(CSc2cccc3c2CN(C2CCC(=O)NC2=O)C3=O)cc1. The molecule has 1 saturated heterocycles. The molecule has 0 saturated carbocycles. The maximum atomic E-state index is 13.0. The topological polar surface area (TPSA) is 69.7 Å². The van der Waals surface area contributed by atoms with Crippen LogP contribution in [0.5, 0.6) is 0 Å². The number of rotatable bonds is 8. The molecule has 2 aliphatic heterocycles. The van der Waals surface area contributed by atoms with Crippen LogP contribution in [0.15, 0.2) is 47.4 Å². The highest BCUT2D eigenvalue weighted by Gasteiger charge is 2.39. The normalized spacial score (nSPS) is 18.3. The highest BCUT2D eigenvalue weighted by Crippen LogP contribution is 2.35. The number of nitrogens with one attached hydrogen (secondary N) is 1. The lowest BCUT2D eigenvalue weighted by atomic mass is 10.0. The number of hydrogen-bond acceptors (Lipinski definition) is 5. The van der Waals surface area contributed by atoms with Crippen LogP contribution in [-0.4, -0.2) is 46.7 Å². The molecule has 2 aromatic rings. The van der Waals surface area contributed by atoms with Crippen molar-refractivity contribution in [3.8, 4) is 0 Å². The van der Waals surface area contributed by atoms with E-state index < -0.39 is 6.04 Å². The van der Waals surface area contributed by atoms with E-state index >= 15 is 0 Å². The van der Waals surface area contributed by atoms with E-state index in [0.29, 0.717) is 18.5 Å². The van der Waals surface area contributed by atoms with E-state index in [1.54, 1.807) is 16.7 Å². The predicted molar refractivity (Wildman–Crippen MR) is 125 cm³/mol. The van der Waals surface area contributed by atoms with Crippen LogP contribution in [0.3, 0.4) is 0 Å². The number of imide groups is 1. The minimum Gasteiger partial charge on any atom is -0.322 e. The Morgan fingerprint density at radius 3 is 2.44 bits per heavy atom. The molecule has 3 amide bonds. The van der Waals surface area contributed by atoms with Crippen LogP contribution in [0.4, 0.5) is 0 Å². The van der Waals surface area contributed by atoms with Crippen LogP contribution in [0.1, 0.15) is 53.7 Å². The molecule has 7 heteroatoms. The predicted octanol–water partition coefficient (Wildman–Crippen LogP) is 3.58. The second-order valence-electron chi connectivity index (χ2n) is 8.25. The largest absolute Gasteiger partial charge is 0.322 e. The molecular formula is C25H29N3O3S. The molecule has 1 fully saturated rings. The third kappa shape index (κ3) is 4.74. The number of benzene rings is 2. The van der Waals surface area contributed by atoms with Gasteiger partial charge >= 0.3 is 0 Å². The van der Waals surface area contributed by atoms with Gasteiger partial charge in [0.1, 0.15) is 6.04 Å². The summed E-state index contributed by atoms with van der Waals surface area (Å²) in [4.78, 5) is 41.8. The Kier molecular flexibility index (Phi) is 6.96. The molecule has 0 bridgehead atoms. The molecule has 6 nitrogen and oxygen atoms in total. The third-order valence-electron chi connectivity index (χ3n) is 6.26. The van der Waals surface area contributed by atoms with Gasteiger partial charge < -0.3 is 4.90 Å². The Labute approximate surface area is 193 Å². The van der Waals surface area contributed by atoms with Crippen molar-refractivity contribution in [2.75, 3.05) is 13.1 Å². The van der Waals surface area contributed by atoms with Gasteiger partial charge in [-0.3, -0.25) is 24.6 Å². The molecule has 4 rings (SSSR count). The Hall–Kier alpha value is -2.64. The smallest absolute Gasteiger partial charge is 0.255 e. The molecule has 0 aromatic heterocycles. The monoisotopic (exact) mass is 451 g/mol. The second-order valence-corrected chi connectivity index (χ2v) is 9.27. The molecule has 0 spiro atoms. The molecule has 168 valence electrons. The average Bonchev–Trinajstić information content (AvgIpc) is 3.13. The molecule has 1 unspecified atom stereocenters. The minimum atomic E-state index is -0.580. The highest BCUT2D eigenvalue weighted by atomic mass is 32.2. The fourth-order valence-corrected chi connectivity index (χ4v) is 5.34. The van der Waals surface area contributed by atoms with E-state index in [0.717, 1.165) is 35.8 Å². The van der Waals surface area contributed by atoms with Crippen LogP contribution in [0, 0.1) is 0 Å². The Bertz CT molecular complexity index is 1020. The van der Waals surface area contributed by atoms with Crippen LogP contribution < -0.4 is 5.32 Å². The van der Waals surface area contributed by atoms with E-state index in [2.05, 4.69) is 48.3 Å². The van der Waals surface area contributed by atoms with E-state index in [4.69, 9.17) is 0 Å².